The highest BCUT2D eigenvalue weighted by Crippen LogP contribution is 2.39. The Morgan fingerprint density at radius 2 is 2.05 bits per heavy atom. The first kappa shape index (κ1) is 15.4. The van der Waals surface area contributed by atoms with E-state index in [1.54, 1.807) is 6.20 Å². The van der Waals surface area contributed by atoms with Crippen molar-refractivity contribution >= 4 is 17.7 Å². The number of carboxylic acids is 1. The van der Waals surface area contributed by atoms with E-state index >= 15 is 0 Å². The van der Waals surface area contributed by atoms with Gasteiger partial charge in [0.1, 0.15) is 18.1 Å². The molecular weight excluding hydrogens is 270 g/mol. The Labute approximate surface area is 124 Å². The van der Waals surface area contributed by atoms with Crippen LogP contribution in [0.5, 0.6) is 0 Å². The lowest BCUT2D eigenvalue weighted by atomic mass is 10.00. The zero-order valence-corrected chi connectivity index (χ0v) is 13.1. The van der Waals surface area contributed by atoms with E-state index in [9.17, 15) is 14.7 Å². The average Bonchev–Trinajstić information content (AvgIpc) is 2.65. The molecule has 1 aromatic heterocycles. The van der Waals surface area contributed by atoms with E-state index in [1.807, 2.05) is 39.8 Å². The van der Waals surface area contributed by atoms with E-state index < -0.39 is 17.6 Å². The van der Waals surface area contributed by atoms with Gasteiger partial charge in [-0.25, -0.2) is 9.28 Å². The zero-order chi connectivity index (χ0) is 16.0. The fourth-order valence-corrected chi connectivity index (χ4v) is 2.94. The van der Waals surface area contributed by atoms with Gasteiger partial charge in [0.15, 0.2) is 5.69 Å². The molecule has 0 saturated carbocycles. The van der Waals surface area contributed by atoms with Gasteiger partial charge >= 0.3 is 6.03 Å². The maximum Gasteiger partial charge on any atom is 0.425 e. The molecule has 1 aliphatic rings. The van der Waals surface area contributed by atoms with Gasteiger partial charge in [-0.05, 0) is 33.8 Å². The number of urea groups is 1. The fraction of sp³-hybridized carbons (Fsp3) is 0.533. The van der Waals surface area contributed by atoms with Gasteiger partial charge in [0, 0.05) is 18.8 Å². The van der Waals surface area contributed by atoms with Crippen LogP contribution in [0.1, 0.15) is 26.5 Å². The summed E-state index contributed by atoms with van der Waals surface area (Å²) in [6.07, 6.45) is 1.66. The SMILES string of the molecule is Cc1ccc([N+]2(C(C)(C)C)CC(C(=O)[O-])N(C)C2=O)cn1. The molecule has 114 valence electrons. The molecule has 2 rings (SSSR count). The lowest BCUT2D eigenvalue weighted by Crippen LogP contribution is -2.63. The van der Waals surface area contributed by atoms with Crippen molar-refractivity contribution in [2.24, 2.45) is 0 Å². The largest absolute Gasteiger partial charge is 0.548 e. The standard InChI is InChI=1S/C15H21N3O3/c1-10-6-7-11(8-16-10)18(15(2,3)4)9-12(13(19)20)17(5)14(18)21/h6-8,12H,9H2,1-5H3. The number of amides is 2. The van der Waals surface area contributed by atoms with Crippen molar-refractivity contribution in [3.05, 3.63) is 24.0 Å². The van der Waals surface area contributed by atoms with E-state index in [4.69, 9.17) is 0 Å². The lowest BCUT2D eigenvalue weighted by molar-refractivity contribution is -0.309. The second-order valence-corrected chi connectivity index (χ2v) is 6.55. The van der Waals surface area contributed by atoms with Crippen molar-refractivity contribution in [2.45, 2.75) is 39.3 Å². The molecule has 0 spiro atoms. The van der Waals surface area contributed by atoms with Crippen molar-refractivity contribution < 1.29 is 14.7 Å². The molecule has 0 aromatic carbocycles. The molecule has 2 unspecified atom stereocenters. The van der Waals surface area contributed by atoms with Crippen molar-refractivity contribution in [1.29, 1.82) is 0 Å². The number of aliphatic carboxylic acids is 1. The van der Waals surface area contributed by atoms with Gasteiger partial charge in [-0.1, -0.05) is 0 Å². The summed E-state index contributed by atoms with van der Waals surface area (Å²) in [5, 5.41) is 11.3. The topological polar surface area (TPSA) is 73.3 Å². The number of likely N-dealkylation sites (N-methyl/N-ethyl adjacent to an activating group) is 1. The molecule has 0 aliphatic carbocycles. The normalized spacial score (nSPS) is 26.2. The number of carbonyl (C=O) groups is 2. The molecule has 2 heterocycles. The Morgan fingerprint density at radius 1 is 1.43 bits per heavy atom. The monoisotopic (exact) mass is 291 g/mol. The number of carbonyl (C=O) groups excluding carboxylic acids is 2. The molecule has 0 N–H and O–H groups in total. The molecular formula is C15H21N3O3. The van der Waals surface area contributed by atoms with Gasteiger partial charge in [0.25, 0.3) is 0 Å². The maximum absolute atomic E-state index is 12.9. The predicted octanol–water partition coefficient (Wildman–Crippen LogP) is 0.680. The van der Waals surface area contributed by atoms with Crippen molar-refractivity contribution in [3.8, 4) is 0 Å². The minimum Gasteiger partial charge on any atom is -0.548 e. The molecule has 0 bridgehead atoms. The number of aromatic nitrogens is 1. The summed E-state index contributed by atoms with van der Waals surface area (Å²) in [5.41, 5.74) is 1.06. The summed E-state index contributed by atoms with van der Waals surface area (Å²) >= 11 is 0. The van der Waals surface area contributed by atoms with E-state index in [2.05, 4.69) is 4.98 Å². The Balaban J connectivity index is 2.62. The Morgan fingerprint density at radius 3 is 2.43 bits per heavy atom. The number of hydrogen-bond donors (Lipinski definition) is 0. The third-order valence-corrected chi connectivity index (χ3v) is 4.30. The molecule has 1 fully saturated rings. The first-order valence-corrected chi connectivity index (χ1v) is 6.91. The lowest BCUT2D eigenvalue weighted by Gasteiger charge is -2.41. The molecule has 2 amide bonds. The summed E-state index contributed by atoms with van der Waals surface area (Å²) < 4.78 is -0.0740. The van der Waals surface area contributed by atoms with Crippen LogP contribution in [0, 0.1) is 6.92 Å². The molecule has 2 atom stereocenters. The molecule has 6 nitrogen and oxygen atoms in total. The number of aryl methyl sites for hydroxylation is 1. The third kappa shape index (κ3) is 2.19. The van der Waals surface area contributed by atoms with Crippen LogP contribution in [0.4, 0.5) is 10.5 Å². The van der Waals surface area contributed by atoms with E-state index in [0.29, 0.717) is 5.69 Å². The number of carboxylic acid groups (broad SMARTS) is 1. The molecule has 6 heteroatoms. The van der Waals surface area contributed by atoms with E-state index in [1.165, 1.54) is 11.9 Å². The Hall–Kier alpha value is -1.95. The van der Waals surface area contributed by atoms with E-state index in [0.717, 1.165) is 5.69 Å². The summed E-state index contributed by atoms with van der Waals surface area (Å²) in [7, 11) is 1.51. The van der Waals surface area contributed by atoms with E-state index in [-0.39, 0.29) is 17.1 Å². The number of rotatable bonds is 2. The number of hydrogen-bond acceptors (Lipinski definition) is 4. The van der Waals surface area contributed by atoms with Gasteiger partial charge in [0.2, 0.25) is 0 Å². The highest BCUT2D eigenvalue weighted by Gasteiger charge is 2.59. The number of quaternary nitrogens is 1. The van der Waals surface area contributed by atoms with Crippen molar-refractivity contribution in [1.82, 2.24) is 14.4 Å². The third-order valence-electron chi connectivity index (χ3n) is 4.30. The van der Waals surface area contributed by atoms with Gasteiger partial charge in [-0.15, -0.1) is 0 Å². The maximum atomic E-state index is 12.9. The van der Waals surface area contributed by atoms with Gasteiger partial charge in [0.05, 0.1) is 12.2 Å². The minimum absolute atomic E-state index is 0.0740. The van der Waals surface area contributed by atoms with Crippen molar-refractivity contribution in [3.63, 3.8) is 0 Å². The first-order chi connectivity index (χ1) is 9.61. The second-order valence-electron chi connectivity index (χ2n) is 6.55. The number of nitrogens with zero attached hydrogens (tertiary/aromatic N) is 3. The fourth-order valence-electron chi connectivity index (χ4n) is 2.94. The highest BCUT2D eigenvalue weighted by atomic mass is 16.4. The summed E-state index contributed by atoms with van der Waals surface area (Å²) in [6, 6.07) is 2.50. The molecule has 0 radical (unpaired) electrons. The number of pyridine rings is 1. The van der Waals surface area contributed by atoms with Crippen molar-refractivity contribution in [2.75, 3.05) is 13.6 Å². The highest BCUT2D eigenvalue weighted by molar-refractivity contribution is 5.95. The van der Waals surface area contributed by atoms with Gasteiger partial charge in [-0.2, -0.15) is 0 Å². The van der Waals surface area contributed by atoms with Crippen LogP contribution < -0.4 is 9.59 Å². The molecule has 1 saturated heterocycles. The molecule has 21 heavy (non-hydrogen) atoms. The zero-order valence-electron chi connectivity index (χ0n) is 13.1. The van der Waals surface area contributed by atoms with Crippen LogP contribution in [-0.4, -0.2) is 47.1 Å². The van der Waals surface area contributed by atoms with Crippen LogP contribution >= 0.6 is 0 Å². The minimum atomic E-state index is -1.23. The Bertz CT molecular complexity index is 577. The van der Waals surface area contributed by atoms with Crippen LogP contribution in [0.2, 0.25) is 0 Å². The quantitative estimate of drug-likeness (QED) is 0.751. The Kier molecular flexibility index (Phi) is 3.53. The second kappa shape index (κ2) is 4.80. The summed E-state index contributed by atoms with van der Waals surface area (Å²) in [6.45, 7) is 7.79. The van der Waals surface area contributed by atoms with Crippen LogP contribution in [-0.2, 0) is 4.79 Å². The first-order valence-electron chi connectivity index (χ1n) is 6.91. The van der Waals surface area contributed by atoms with Gasteiger partial charge in [-0.3, -0.25) is 9.88 Å². The molecule has 1 aliphatic heterocycles. The van der Waals surface area contributed by atoms with Crippen LogP contribution in [0.25, 0.3) is 0 Å². The van der Waals surface area contributed by atoms with Crippen LogP contribution in [0.3, 0.4) is 0 Å². The summed E-state index contributed by atoms with van der Waals surface area (Å²) in [5.74, 6) is -1.23. The summed E-state index contributed by atoms with van der Waals surface area (Å²) in [4.78, 5) is 29.7. The molecule has 1 aromatic rings. The smallest absolute Gasteiger partial charge is 0.425 e. The predicted molar refractivity (Wildman–Crippen MR) is 77.3 cm³/mol. The van der Waals surface area contributed by atoms with Crippen LogP contribution in [0.15, 0.2) is 18.3 Å². The van der Waals surface area contributed by atoms with Gasteiger partial charge < -0.3 is 9.90 Å². The average molecular weight is 291 g/mol.